The summed E-state index contributed by atoms with van der Waals surface area (Å²) in [6.07, 6.45) is 4.84. The summed E-state index contributed by atoms with van der Waals surface area (Å²) >= 11 is 0. The van der Waals surface area contributed by atoms with Gasteiger partial charge in [-0.15, -0.1) is 0 Å². The molecule has 0 bridgehead atoms. The summed E-state index contributed by atoms with van der Waals surface area (Å²) in [6.45, 7) is 5.22. The molecular weight excluding hydrogens is 152 g/mol. The minimum absolute atomic E-state index is 0.524. The van der Waals surface area contributed by atoms with E-state index in [0.29, 0.717) is 6.04 Å². The molecule has 0 radical (unpaired) electrons. The van der Waals surface area contributed by atoms with Crippen LogP contribution in [0.4, 0.5) is 0 Å². The molecule has 72 valence electrons. The number of nitrogens with one attached hydrogen (secondary N) is 2. The number of hydrogen-bond donors (Lipinski definition) is 2. The van der Waals surface area contributed by atoms with Gasteiger partial charge in [-0.1, -0.05) is 13.3 Å². The highest BCUT2D eigenvalue weighted by atomic mass is 16.6. The van der Waals surface area contributed by atoms with Gasteiger partial charge in [0.1, 0.15) is 0 Å². The van der Waals surface area contributed by atoms with E-state index in [1.165, 1.54) is 19.3 Å². The van der Waals surface area contributed by atoms with Crippen molar-refractivity contribution in [3.05, 3.63) is 0 Å². The van der Waals surface area contributed by atoms with Crippen LogP contribution in [-0.4, -0.2) is 25.7 Å². The Bertz CT molecular complexity index is 103. The summed E-state index contributed by atoms with van der Waals surface area (Å²) in [5, 5.41) is 3.33. The average molecular weight is 172 g/mol. The Morgan fingerprint density at radius 3 is 3.17 bits per heavy atom. The van der Waals surface area contributed by atoms with Gasteiger partial charge in [0.2, 0.25) is 0 Å². The van der Waals surface area contributed by atoms with E-state index >= 15 is 0 Å². The molecule has 0 amide bonds. The van der Waals surface area contributed by atoms with Crippen molar-refractivity contribution in [1.82, 2.24) is 10.8 Å². The van der Waals surface area contributed by atoms with Crippen LogP contribution in [0, 0.1) is 0 Å². The van der Waals surface area contributed by atoms with Crippen molar-refractivity contribution in [3.63, 3.8) is 0 Å². The lowest BCUT2D eigenvalue weighted by Crippen LogP contribution is -2.43. The van der Waals surface area contributed by atoms with Crippen LogP contribution in [-0.2, 0) is 4.84 Å². The van der Waals surface area contributed by atoms with Gasteiger partial charge in [-0.2, -0.15) is 5.48 Å². The van der Waals surface area contributed by atoms with Crippen LogP contribution < -0.4 is 10.8 Å². The Labute approximate surface area is 74.8 Å². The van der Waals surface area contributed by atoms with Crippen LogP contribution in [0.3, 0.4) is 0 Å². The molecule has 12 heavy (non-hydrogen) atoms. The second-order valence-corrected chi connectivity index (χ2v) is 3.36. The number of hydrogen-bond acceptors (Lipinski definition) is 3. The van der Waals surface area contributed by atoms with E-state index in [4.69, 9.17) is 4.84 Å². The molecule has 0 aliphatic carbocycles. The topological polar surface area (TPSA) is 33.3 Å². The smallest absolute Gasteiger partial charge is 0.0682 e. The van der Waals surface area contributed by atoms with E-state index in [1.807, 2.05) is 0 Å². The molecule has 0 aromatic rings. The van der Waals surface area contributed by atoms with Crippen molar-refractivity contribution in [2.45, 2.75) is 38.6 Å². The van der Waals surface area contributed by atoms with E-state index in [-0.39, 0.29) is 0 Å². The fourth-order valence-electron chi connectivity index (χ4n) is 1.35. The fraction of sp³-hybridized carbons (Fsp3) is 1.00. The van der Waals surface area contributed by atoms with E-state index in [0.717, 1.165) is 26.1 Å². The van der Waals surface area contributed by atoms with Crippen LogP contribution in [0.25, 0.3) is 0 Å². The van der Waals surface area contributed by atoms with Gasteiger partial charge in [0.25, 0.3) is 0 Å². The normalized spacial score (nSPS) is 24.2. The summed E-state index contributed by atoms with van der Waals surface area (Å²) in [4.78, 5) is 5.32. The van der Waals surface area contributed by atoms with Gasteiger partial charge in [-0.3, -0.25) is 0 Å². The molecule has 1 atom stereocenters. The van der Waals surface area contributed by atoms with Crippen LogP contribution >= 0.6 is 0 Å². The number of piperidine rings is 1. The Hall–Kier alpha value is -0.120. The molecule has 1 saturated heterocycles. The first-order valence-electron chi connectivity index (χ1n) is 5.01. The van der Waals surface area contributed by atoms with E-state index in [1.54, 1.807) is 0 Å². The quantitative estimate of drug-likeness (QED) is 0.480. The first kappa shape index (κ1) is 9.96. The van der Waals surface area contributed by atoms with Gasteiger partial charge in [0.05, 0.1) is 6.61 Å². The van der Waals surface area contributed by atoms with Crippen molar-refractivity contribution >= 4 is 0 Å². The lowest BCUT2D eigenvalue weighted by molar-refractivity contribution is 0.00904. The minimum atomic E-state index is 0.524. The zero-order valence-electron chi connectivity index (χ0n) is 7.94. The van der Waals surface area contributed by atoms with Crippen molar-refractivity contribution in [2.24, 2.45) is 0 Å². The molecule has 3 nitrogen and oxygen atoms in total. The number of rotatable bonds is 5. The van der Waals surface area contributed by atoms with Crippen molar-refractivity contribution in [2.75, 3.05) is 19.7 Å². The lowest BCUT2D eigenvalue weighted by atomic mass is 10.1. The third-order valence-electron chi connectivity index (χ3n) is 2.15. The first-order valence-corrected chi connectivity index (χ1v) is 5.01. The number of hydroxylamine groups is 1. The molecule has 1 heterocycles. The summed E-state index contributed by atoms with van der Waals surface area (Å²) in [6, 6.07) is 0.524. The molecule has 0 unspecified atom stereocenters. The molecule has 2 N–H and O–H groups in total. The second-order valence-electron chi connectivity index (χ2n) is 3.36. The van der Waals surface area contributed by atoms with E-state index in [2.05, 4.69) is 17.7 Å². The molecule has 1 aliphatic rings. The summed E-state index contributed by atoms with van der Waals surface area (Å²) in [5.41, 5.74) is 3.09. The highest BCUT2D eigenvalue weighted by Crippen LogP contribution is 2.00. The molecule has 3 heteroatoms. The minimum Gasteiger partial charge on any atom is -0.315 e. The van der Waals surface area contributed by atoms with E-state index in [9.17, 15) is 0 Å². The van der Waals surface area contributed by atoms with Gasteiger partial charge >= 0.3 is 0 Å². The highest BCUT2D eigenvalue weighted by molar-refractivity contribution is 4.71. The lowest BCUT2D eigenvalue weighted by Gasteiger charge is -2.23. The van der Waals surface area contributed by atoms with Crippen LogP contribution in [0.2, 0.25) is 0 Å². The molecule has 0 aromatic carbocycles. The fourth-order valence-corrected chi connectivity index (χ4v) is 1.35. The van der Waals surface area contributed by atoms with Crippen LogP contribution in [0.1, 0.15) is 32.6 Å². The molecule has 1 rings (SSSR count). The zero-order valence-corrected chi connectivity index (χ0v) is 7.94. The van der Waals surface area contributed by atoms with Crippen molar-refractivity contribution in [3.8, 4) is 0 Å². The Morgan fingerprint density at radius 1 is 1.58 bits per heavy atom. The van der Waals surface area contributed by atoms with E-state index < -0.39 is 0 Å². The number of unbranched alkanes of at least 4 members (excludes halogenated alkanes) is 1. The first-order chi connectivity index (χ1) is 5.93. The largest absolute Gasteiger partial charge is 0.315 e. The Kier molecular flexibility index (Phi) is 5.32. The monoisotopic (exact) mass is 172 g/mol. The maximum absolute atomic E-state index is 5.32. The molecular formula is C9H20N2O. The SMILES string of the molecule is CCCCON[C@@H]1CCCNC1. The maximum atomic E-state index is 5.32. The van der Waals surface area contributed by atoms with Gasteiger partial charge in [0, 0.05) is 12.6 Å². The second kappa shape index (κ2) is 6.40. The maximum Gasteiger partial charge on any atom is 0.0682 e. The van der Waals surface area contributed by atoms with Gasteiger partial charge in [-0.25, -0.2) is 0 Å². The van der Waals surface area contributed by atoms with Crippen LogP contribution in [0.15, 0.2) is 0 Å². The average Bonchev–Trinajstić information content (AvgIpc) is 2.14. The molecule has 1 aliphatic heterocycles. The van der Waals surface area contributed by atoms with Gasteiger partial charge in [-0.05, 0) is 25.8 Å². The van der Waals surface area contributed by atoms with Gasteiger partial charge < -0.3 is 10.2 Å². The Balaban J connectivity index is 1.91. The van der Waals surface area contributed by atoms with Crippen molar-refractivity contribution < 1.29 is 4.84 Å². The van der Waals surface area contributed by atoms with Crippen LogP contribution in [0.5, 0.6) is 0 Å². The Morgan fingerprint density at radius 2 is 2.50 bits per heavy atom. The van der Waals surface area contributed by atoms with Crippen molar-refractivity contribution in [1.29, 1.82) is 0 Å². The summed E-state index contributed by atoms with van der Waals surface area (Å²) in [7, 11) is 0. The molecule has 0 aromatic heterocycles. The third kappa shape index (κ3) is 4.04. The summed E-state index contributed by atoms with van der Waals surface area (Å²) < 4.78 is 0. The van der Waals surface area contributed by atoms with Gasteiger partial charge in [0.15, 0.2) is 0 Å². The zero-order chi connectivity index (χ0) is 8.65. The molecule has 1 fully saturated rings. The summed E-state index contributed by atoms with van der Waals surface area (Å²) in [5.74, 6) is 0. The molecule has 0 spiro atoms. The molecule has 0 saturated carbocycles. The standard InChI is InChI=1S/C9H20N2O/c1-2-3-7-12-11-9-5-4-6-10-8-9/h9-11H,2-8H2,1H3/t9-/m1/s1. The highest BCUT2D eigenvalue weighted by Gasteiger charge is 2.11. The predicted octanol–water partition coefficient (Wildman–Crippen LogP) is 1.06. The predicted molar refractivity (Wildman–Crippen MR) is 49.9 cm³/mol. The third-order valence-corrected chi connectivity index (χ3v) is 2.15.